The van der Waals surface area contributed by atoms with Crippen LogP contribution in [0.2, 0.25) is 0 Å². The average Bonchev–Trinajstić information content (AvgIpc) is 3.62. The number of carbonyl (C=O) groups is 3. The lowest BCUT2D eigenvalue weighted by atomic mass is 9.70. The maximum atomic E-state index is 13.7. The van der Waals surface area contributed by atoms with E-state index in [1.807, 2.05) is 6.92 Å². The summed E-state index contributed by atoms with van der Waals surface area (Å²) in [5.41, 5.74) is -0.859. The molecule has 0 heterocycles. The van der Waals surface area contributed by atoms with E-state index in [-0.39, 0.29) is 43.6 Å². The monoisotopic (exact) mass is 506 g/mol. The van der Waals surface area contributed by atoms with Crippen molar-refractivity contribution < 1.29 is 33.3 Å². The number of ether oxygens (including phenoxy) is 4. The van der Waals surface area contributed by atoms with Crippen LogP contribution in [0.5, 0.6) is 0 Å². The van der Waals surface area contributed by atoms with Crippen LogP contribution in [0.15, 0.2) is 0 Å². The molecule has 204 valence electrons. The molecule has 9 unspecified atom stereocenters. The molecule has 4 rings (SSSR count). The molecule has 4 aliphatic carbocycles. The molecular weight excluding hydrogens is 460 g/mol. The third-order valence-electron chi connectivity index (χ3n) is 9.79. The van der Waals surface area contributed by atoms with Gasteiger partial charge in [0.15, 0.2) is 0 Å². The van der Waals surface area contributed by atoms with E-state index in [2.05, 4.69) is 0 Å². The number of esters is 3. The van der Waals surface area contributed by atoms with Crippen molar-refractivity contribution >= 4 is 17.9 Å². The van der Waals surface area contributed by atoms with E-state index < -0.39 is 17.3 Å². The van der Waals surface area contributed by atoms with Crippen molar-refractivity contribution in [3.63, 3.8) is 0 Å². The fourth-order valence-electron chi connectivity index (χ4n) is 8.29. The van der Waals surface area contributed by atoms with Gasteiger partial charge in [-0.05, 0) is 108 Å². The second-order valence-corrected chi connectivity index (χ2v) is 12.4. The van der Waals surface area contributed by atoms with Crippen LogP contribution in [0.4, 0.5) is 0 Å². The number of rotatable bonds is 13. The molecule has 0 amide bonds. The summed E-state index contributed by atoms with van der Waals surface area (Å²) < 4.78 is 21.9. The van der Waals surface area contributed by atoms with Crippen LogP contribution in [0.3, 0.4) is 0 Å². The zero-order chi connectivity index (χ0) is 26.0. The smallest absolute Gasteiger partial charge is 0.311 e. The van der Waals surface area contributed by atoms with E-state index >= 15 is 0 Å². The van der Waals surface area contributed by atoms with E-state index in [1.165, 1.54) is 25.7 Å². The summed E-state index contributed by atoms with van der Waals surface area (Å²) >= 11 is 0. The molecule has 7 nitrogen and oxygen atoms in total. The van der Waals surface area contributed by atoms with Gasteiger partial charge in [0, 0.05) is 7.11 Å². The van der Waals surface area contributed by atoms with Crippen molar-refractivity contribution in [3.8, 4) is 0 Å². The van der Waals surface area contributed by atoms with Crippen molar-refractivity contribution in [1.82, 2.24) is 0 Å². The van der Waals surface area contributed by atoms with Gasteiger partial charge in [0.1, 0.15) is 12.7 Å². The minimum absolute atomic E-state index is 0.0231. The molecule has 0 N–H and O–H groups in total. The second-order valence-electron chi connectivity index (χ2n) is 12.4. The van der Waals surface area contributed by atoms with E-state index in [4.69, 9.17) is 18.9 Å². The SMILES string of the molecule is CCOC(=O)C(C)(C)CC(CC(CC)C(=O)OCCOC)C(=O)OC1CC2CC1C1C3CCC(C3)C21. The highest BCUT2D eigenvalue weighted by Crippen LogP contribution is 2.67. The predicted molar refractivity (Wildman–Crippen MR) is 134 cm³/mol. The summed E-state index contributed by atoms with van der Waals surface area (Å²) in [4.78, 5) is 39.1. The Kier molecular flexibility index (Phi) is 8.68. The van der Waals surface area contributed by atoms with Crippen LogP contribution in [-0.4, -0.2) is 50.9 Å². The highest BCUT2D eigenvalue weighted by atomic mass is 16.6. The lowest BCUT2D eigenvalue weighted by Gasteiger charge is -2.39. The van der Waals surface area contributed by atoms with Crippen molar-refractivity contribution in [2.75, 3.05) is 26.9 Å². The van der Waals surface area contributed by atoms with Gasteiger partial charge in [-0.1, -0.05) is 6.92 Å². The van der Waals surface area contributed by atoms with Gasteiger partial charge in [0.2, 0.25) is 0 Å². The standard InChI is InChI=1S/C29H46O7/c1-6-17(26(30)35-11-10-33-5)12-21(16-29(3,4)28(32)34-7-2)27(31)36-23-15-20-14-22(23)25-19-9-8-18(13-19)24(20)25/h17-25H,6-16H2,1-5H3. The van der Waals surface area contributed by atoms with Gasteiger partial charge in [-0.25, -0.2) is 0 Å². The molecule has 0 saturated heterocycles. The second kappa shape index (κ2) is 11.4. The normalized spacial score (nSPS) is 33.8. The molecule has 36 heavy (non-hydrogen) atoms. The number of fused-ring (bicyclic) bond motifs is 9. The van der Waals surface area contributed by atoms with Crippen LogP contribution >= 0.6 is 0 Å². The first-order valence-electron chi connectivity index (χ1n) is 14.2. The largest absolute Gasteiger partial charge is 0.466 e. The van der Waals surface area contributed by atoms with E-state index in [9.17, 15) is 14.4 Å². The lowest BCUT2D eigenvalue weighted by molar-refractivity contribution is -0.164. The fourth-order valence-corrected chi connectivity index (χ4v) is 8.29. The first kappa shape index (κ1) is 27.4. The molecule has 0 aliphatic heterocycles. The minimum atomic E-state index is -0.859. The van der Waals surface area contributed by atoms with Crippen molar-refractivity contribution in [2.45, 2.75) is 85.2 Å². The van der Waals surface area contributed by atoms with Crippen LogP contribution in [0.25, 0.3) is 0 Å². The predicted octanol–water partition coefficient (Wildman–Crippen LogP) is 4.80. The number of methoxy groups -OCH3 is 1. The molecule has 4 saturated carbocycles. The highest BCUT2D eigenvalue weighted by Gasteiger charge is 2.63. The Hall–Kier alpha value is -1.63. The van der Waals surface area contributed by atoms with E-state index in [0.29, 0.717) is 31.3 Å². The van der Waals surface area contributed by atoms with E-state index in [1.54, 1.807) is 27.9 Å². The lowest BCUT2D eigenvalue weighted by Crippen LogP contribution is -2.40. The zero-order valence-corrected chi connectivity index (χ0v) is 22.8. The minimum Gasteiger partial charge on any atom is -0.466 e. The van der Waals surface area contributed by atoms with Gasteiger partial charge < -0.3 is 18.9 Å². The summed E-state index contributed by atoms with van der Waals surface area (Å²) in [6, 6.07) is 0. The quantitative estimate of drug-likeness (QED) is 0.153. The summed E-state index contributed by atoms with van der Waals surface area (Å²) in [5, 5.41) is 0. The Balaban J connectivity index is 1.44. The van der Waals surface area contributed by atoms with E-state index in [0.717, 1.165) is 30.1 Å². The Morgan fingerprint density at radius 3 is 2.25 bits per heavy atom. The van der Waals surface area contributed by atoms with Crippen molar-refractivity contribution in [1.29, 1.82) is 0 Å². The molecule has 0 aromatic carbocycles. The molecule has 0 aromatic heterocycles. The van der Waals surface area contributed by atoms with Crippen molar-refractivity contribution in [2.24, 2.45) is 52.8 Å². The fraction of sp³-hybridized carbons (Fsp3) is 0.897. The molecule has 4 bridgehead atoms. The molecular formula is C29H46O7. The summed E-state index contributed by atoms with van der Waals surface area (Å²) in [5.74, 6) is 2.55. The maximum absolute atomic E-state index is 13.7. The molecule has 4 fully saturated rings. The summed E-state index contributed by atoms with van der Waals surface area (Å²) in [7, 11) is 1.56. The first-order valence-corrected chi connectivity index (χ1v) is 14.2. The third kappa shape index (κ3) is 5.46. The molecule has 0 spiro atoms. The van der Waals surface area contributed by atoms with Gasteiger partial charge in [-0.2, -0.15) is 0 Å². The number of carbonyl (C=O) groups excluding carboxylic acids is 3. The number of hydrogen-bond donors (Lipinski definition) is 0. The maximum Gasteiger partial charge on any atom is 0.311 e. The molecule has 7 heteroatoms. The van der Waals surface area contributed by atoms with Crippen LogP contribution < -0.4 is 0 Å². The van der Waals surface area contributed by atoms with Crippen LogP contribution in [-0.2, 0) is 33.3 Å². The van der Waals surface area contributed by atoms with Gasteiger partial charge in [-0.15, -0.1) is 0 Å². The number of hydrogen-bond acceptors (Lipinski definition) is 7. The Labute approximate surface area is 216 Å². The molecule has 4 aliphatic rings. The third-order valence-corrected chi connectivity index (χ3v) is 9.79. The van der Waals surface area contributed by atoms with Crippen molar-refractivity contribution in [3.05, 3.63) is 0 Å². The van der Waals surface area contributed by atoms with Crippen LogP contribution in [0.1, 0.15) is 79.1 Å². The van der Waals surface area contributed by atoms with Gasteiger partial charge in [-0.3, -0.25) is 14.4 Å². The highest BCUT2D eigenvalue weighted by molar-refractivity contribution is 5.79. The first-order chi connectivity index (χ1) is 17.2. The molecule has 0 radical (unpaired) electrons. The van der Waals surface area contributed by atoms with Gasteiger partial charge in [0.25, 0.3) is 0 Å². The van der Waals surface area contributed by atoms with Gasteiger partial charge >= 0.3 is 17.9 Å². The van der Waals surface area contributed by atoms with Crippen LogP contribution in [0, 0.1) is 52.8 Å². The Bertz CT molecular complexity index is 807. The summed E-state index contributed by atoms with van der Waals surface area (Å²) in [6.45, 7) is 8.12. The Morgan fingerprint density at radius 1 is 0.861 bits per heavy atom. The zero-order valence-electron chi connectivity index (χ0n) is 22.8. The topological polar surface area (TPSA) is 88.1 Å². The molecule has 0 aromatic rings. The van der Waals surface area contributed by atoms with Gasteiger partial charge in [0.05, 0.1) is 30.5 Å². The molecule has 9 atom stereocenters. The summed E-state index contributed by atoms with van der Waals surface area (Å²) in [6.07, 6.45) is 7.40. The Morgan fingerprint density at radius 2 is 1.58 bits per heavy atom. The average molecular weight is 507 g/mol.